The Kier molecular flexibility index (Phi) is 6.63. The number of para-hydroxylation sites is 2. The predicted molar refractivity (Wildman–Crippen MR) is 122 cm³/mol. The van der Waals surface area contributed by atoms with E-state index in [1.807, 2.05) is 0 Å². The van der Waals surface area contributed by atoms with E-state index in [9.17, 15) is 0 Å². The van der Waals surface area contributed by atoms with Crippen molar-refractivity contribution in [1.82, 2.24) is 20.4 Å². The van der Waals surface area contributed by atoms with E-state index in [1.165, 1.54) is 47.5 Å². The molecule has 1 aliphatic rings. The molecule has 5 rings (SSSR count). The summed E-state index contributed by atoms with van der Waals surface area (Å²) in [6.45, 7) is 9.64. The Hall–Kier alpha value is -2.75. The molecule has 4 nitrogen and oxygen atoms in total. The van der Waals surface area contributed by atoms with Gasteiger partial charge >= 0.3 is 0 Å². The van der Waals surface area contributed by atoms with Crippen molar-refractivity contribution >= 4 is 21.8 Å². The molecule has 29 heavy (non-hydrogen) atoms. The summed E-state index contributed by atoms with van der Waals surface area (Å²) in [4.78, 5) is 3.38. The molecule has 4 aromatic rings. The highest BCUT2D eigenvalue weighted by Gasteiger charge is 2.38. The summed E-state index contributed by atoms with van der Waals surface area (Å²) in [5, 5.41) is 12.7. The van der Waals surface area contributed by atoms with Crippen LogP contribution >= 0.6 is 0 Å². The molecule has 0 bridgehead atoms. The normalized spacial score (nSPS) is 17.0. The first-order chi connectivity index (χ1) is 13.9. The van der Waals surface area contributed by atoms with Gasteiger partial charge in [-0.2, -0.15) is 0 Å². The fourth-order valence-corrected chi connectivity index (χ4v) is 3.81. The Morgan fingerprint density at radius 2 is 1.10 bits per heavy atom. The zero-order valence-electron chi connectivity index (χ0n) is 18.0. The highest BCUT2D eigenvalue weighted by Crippen LogP contribution is 2.49. The van der Waals surface area contributed by atoms with Gasteiger partial charge in [-0.25, -0.2) is 0 Å². The molecule has 0 aliphatic heterocycles. The summed E-state index contributed by atoms with van der Waals surface area (Å²) < 4.78 is 0. The van der Waals surface area contributed by atoms with Crippen LogP contribution in [0.25, 0.3) is 21.8 Å². The van der Waals surface area contributed by atoms with Gasteiger partial charge in [0, 0.05) is 21.8 Å². The molecule has 0 saturated heterocycles. The summed E-state index contributed by atoms with van der Waals surface area (Å²) in [7, 11) is 0. The van der Waals surface area contributed by atoms with E-state index in [2.05, 4.69) is 96.6 Å². The molecule has 0 radical (unpaired) electrons. The van der Waals surface area contributed by atoms with E-state index in [1.54, 1.807) is 18.5 Å². The summed E-state index contributed by atoms with van der Waals surface area (Å²) in [5.41, 5.74) is 3.57. The van der Waals surface area contributed by atoms with Crippen LogP contribution in [0.5, 0.6) is 0 Å². The van der Waals surface area contributed by atoms with Gasteiger partial charge in [0.2, 0.25) is 0 Å². The van der Waals surface area contributed by atoms with Crippen molar-refractivity contribution in [3.8, 4) is 0 Å². The molecule has 0 unspecified atom stereocenters. The van der Waals surface area contributed by atoms with Gasteiger partial charge in [0.15, 0.2) is 0 Å². The Morgan fingerprint density at radius 3 is 1.45 bits per heavy atom. The maximum atomic E-state index is 3.42. The SMILES string of the molecule is CC1(C)CCCCC1(C)C.c1ccc2c(c1)[nH]c1ccccc12.c1cnnnc1. The van der Waals surface area contributed by atoms with Crippen molar-refractivity contribution in [3.05, 3.63) is 67.0 Å². The first-order valence-electron chi connectivity index (χ1n) is 10.4. The monoisotopic (exact) mass is 388 g/mol. The van der Waals surface area contributed by atoms with Gasteiger partial charge in [0.05, 0.1) is 12.4 Å². The molecule has 2 aromatic carbocycles. The van der Waals surface area contributed by atoms with E-state index in [0.717, 1.165) is 0 Å². The van der Waals surface area contributed by atoms with Gasteiger partial charge < -0.3 is 4.98 Å². The van der Waals surface area contributed by atoms with Crippen LogP contribution in [0.1, 0.15) is 53.4 Å². The Balaban J connectivity index is 0.000000134. The van der Waals surface area contributed by atoms with Crippen molar-refractivity contribution in [2.24, 2.45) is 10.8 Å². The molecule has 2 heterocycles. The van der Waals surface area contributed by atoms with Crippen molar-refractivity contribution < 1.29 is 0 Å². The number of hydrogen-bond acceptors (Lipinski definition) is 3. The molecule has 0 spiro atoms. The number of nitrogens with one attached hydrogen (secondary N) is 1. The fraction of sp³-hybridized carbons (Fsp3) is 0.400. The van der Waals surface area contributed by atoms with Crippen LogP contribution in [0.15, 0.2) is 67.0 Å². The second-order valence-corrected chi connectivity index (χ2v) is 9.00. The minimum absolute atomic E-state index is 0.575. The van der Waals surface area contributed by atoms with Crippen molar-refractivity contribution in [2.45, 2.75) is 53.4 Å². The predicted octanol–water partition coefficient (Wildman–Crippen LogP) is 6.81. The number of aromatic nitrogens is 4. The quantitative estimate of drug-likeness (QED) is 0.360. The Labute approximate surface area is 173 Å². The zero-order valence-corrected chi connectivity index (χ0v) is 18.0. The first-order valence-corrected chi connectivity index (χ1v) is 10.4. The average molecular weight is 389 g/mol. The standard InChI is InChI=1S/C12H9N.C10H20.C3H3N3/c1-3-7-11-9(5-1)10-6-2-4-8-12(10)13-11;1-9(2)7-5-6-8-10(9,3)4;1-2-4-6-5-3-1/h1-8,13H;5-8H2,1-4H3;1-3H. The van der Waals surface area contributed by atoms with Crippen LogP contribution < -0.4 is 0 Å². The van der Waals surface area contributed by atoms with Crippen molar-refractivity contribution in [2.75, 3.05) is 0 Å². The van der Waals surface area contributed by atoms with E-state index in [-0.39, 0.29) is 0 Å². The smallest absolute Gasteiger partial charge is 0.0529 e. The van der Waals surface area contributed by atoms with Crippen LogP contribution in [0.2, 0.25) is 0 Å². The third kappa shape index (κ3) is 5.20. The third-order valence-corrected chi connectivity index (χ3v) is 6.51. The van der Waals surface area contributed by atoms with Crippen molar-refractivity contribution in [3.63, 3.8) is 0 Å². The number of rotatable bonds is 0. The van der Waals surface area contributed by atoms with Gasteiger partial charge in [-0.1, -0.05) is 76.9 Å². The van der Waals surface area contributed by atoms with Gasteiger partial charge in [-0.3, -0.25) is 0 Å². The van der Waals surface area contributed by atoms with E-state index in [0.29, 0.717) is 10.8 Å². The Morgan fingerprint density at radius 1 is 0.655 bits per heavy atom. The minimum Gasteiger partial charge on any atom is -0.355 e. The second kappa shape index (κ2) is 9.17. The van der Waals surface area contributed by atoms with Gasteiger partial charge in [-0.15, -0.1) is 10.2 Å². The number of benzene rings is 2. The minimum atomic E-state index is 0.575. The lowest BCUT2D eigenvalue weighted by molar-refractivity contribution is 0.0520. The zero-order chi connectivity index (χ0) is 20.7. The topological polar surface area (TPSA) is 54.5 Å². The average Bonchev–Trinajstić information content (AvgIpc) is 3.11. The van der Waals surface area contributed by atoms with Crippen LogP contribution in [-0.4, -0.2) is 20.4 Å². The van der Waals surface area contributed by atoms with Gasteiger partial charge in [0.1, 0.15) is 0 Å². The summed E-state index contributed by atoms with van der Waals surface area (Å²) in [6, 6.07) is 18.5. The maximum Gasteiger partial charge on any atom is 0.0529 e. The lowest BCUT2D eigenvalue weighted by atomic mass is 9.60. The van der Waals surface area contributed by atoms with Crippen molar-refractivity contribution in [1.29, 1.82) is 0 Å². The molecule has 2 aromatic heterocycles. The van der Waals surface area contributed by atoms with E-state index in [4.69, 9.17) is 0 Å². The molecule has 1 fully saturated rings. The second-order valence-electron chi connectivity index (χ2n) is 9.00. The highest BCUT2D eigenvalue weighted by molar-refractivity contribution is 6.06. The molecule has 152 valence electrons. The van der Waals surface area contributed by atoms with E-state index < -0.39 is 0 Å². The molecule has 0 amide bonds. The molecule has 1 aliphatic carbocycles. The van der Waals surface area contributed by atoms with Crippen LogP contribution in [0, 0.1) is 10.8 Å². The largest absolute Gasteiger partial charge is 0.355 e. The lowest BCUT2D eigenvalue weighted by Crippen LogP contribution is -2.35. The van der Waals surface area contributed by atoms with Gasteiger partial charge in [0.25, 0.3) is 0 Å². The molecule has 0 atom stereocenters. The fourth-order valence-electron chi connectivity index (χ4n) is 3.81. The number of H-pyrrole nitrogens is 1. The summed E-state index contributed by atoms with van der Waals surface area (Å²) >= 11 is 0. The molecular weight excluding hydrogens is 356 g/mol. The third-order valence-electron chi connectivity index (χ3n) is 6.51. The van der Waals surface area contributed by atoms with Crippen LogP contribution in [-0.2, 0) is 0 Å². The lowest BCUT2D eigenvalue weighted by Gasteiger charge is -2.45. The summed E-state index contributed by atoms with van der Waals surface area (Å²) in [6.07, 6.45) is 8.87. The summed E-state index contributed by atoms with van der Waals surface area (Å²) in [5.74, 6) is 0. The highest BCUT2D eigenvalue weighted by atomic mass is 15.3. The number of hydrogen-bond donors (Lipinski definition) is 1. The maximum absolute atomic E-state index is 3.42. The van der Waals surface area contributed by atoms with Gasteiger partial charge in [-0.05, 0) is 47.1 Å². The molecule has 1 saturated carbocycles. The van der Waals surface area contributed by atoms with Crippen LogP contribution in [0.3, 0.4) is 0 Å². The number of aromatic amines is 1. The first kappa shape index (κ1) is 21.0. The molecule has 4 heteroatoms. The Bertz CT molecular complexity index is 926. The molecular formula is C25H32N4. The van der Waals surface area contributed by atoms with Crippen LogP contribution in [0.4, 0.5) is 0 Å². The molecule has 1 N–H and O–H groups in total. The van der Waals surface area contributed by atoms with E-state index >= 15 is 0 Å². The number of nitrogens with zero attached hydrogens (tertiary/aromatic N) is 3. The number of fused-ring (bicyclic) bond motifs is 3.